The van der Waals surface area contributed by atoms with Gasteiger partial charge < -0.3 is 9.64 Å². The van der Waals surface area contributed by atoms with Gasteiger partial charge in [-0.1, -0.05) is 0 Å². The summed E-state index contributed by atoms with van der Waals surface area (Å²) >= 11 is 0. The fourth-order valence-electron chi connectivity index (χ4n) is 3.86. The molecule has 1 aliphatic carbocycles. The van der Waals surface area contributed by atoms with Crippen molar-refractivity contribution in [1.82, 2.24) is 9.80 Å². The second-order valence-electron chi connectivity index (χ2n) is 7.35. The van der Waals surface area contributed by atoms with Crippen LogP contribution in [0.15, 0.2) is 29.2 Å². The van der Waals surface area contributed by atoms with E-state index in [1.807, 2.05) is 4.90 Å². The van der Waals surface area contributed by atoms with Crippen LogP contribution >= 0.6 is 0 Å². The lowest BCUT2D eigenvalue weighted by Gasteiger charge is -2.40. The number of rotatable bonds is 5. The van der Waals surface area contributed by atoms with Gasteiger partial charge in [0.1, 0.15) is 5.75 Å². The first-order valence-corrected chi connectivity index (χ1v) is 11.2. The van der Waals surface area contributed by atoms with E-state index < -0.39 is 9.84 Å². The quantitative estimate of drug-likeness (QED) is 0.732. The molecule has 1 saturated heterocycles. The third-order valence-electron chi connectivity index (χ3n) is 5.53. The molecule has 0 N–H and O–H groups in total. The van der Waals surface area contributed by atoms with E-state index in [1.165, 1.54) is 19.1 Å². The Balaban J connectivity index is 1.41. The number of nitriles is 1. The van der Waals surface area contributed by atoms with E-state index in [2.05, 4.69) is 11.1 Å². The Morgan fingerprint density at radius 1 is 1.08 bits per heavy atom. The number of sulfone groups is 1. The molecule has 7 heteroatoms. The van der Waals surface area contributed by atoms with E-state index in [1.54, 1.807) is 24.3 Å². The highest BCUT2D eigenvalue weighted by Gasteiger charge is 2.28. The van der Waals surface area contributed by atoms with Crippen LogP contribution in [0.5, 0.6) is 5.75 Å². The van der Waals surface area contributed by atoms with Crippen molar-refractivity contribution < 1.29 is 13.2 Å². The standard InChI is InChI=1S/C19H27N3O3S/c1-26(23,24)19-8-6-18(7-9-19)25-14-16-2-4-17(5-3-16)22-12-10-21(15-20)11-13-22/h6-9,16-17H,2-5,10-14H2,1H3. The van der Waals surface area contributed by atoms with Gasteiger partial charge in [-0.3, -0.25) is 4.90 Å². The molecule has 1 heterocycles. The zero-order valence-corrected chi connectivity index (χ0v) is 16.1. The summed E-state index contributed by atoms with van der Waals surface area (Å²) in [5.41, 5.74) is 0. The van der Waals surface area contributed by atoms with Crippen LogP contribution in [0.25, 0.3) is 0 Å². The topological polar surface area (TPSA) is 73.6 Å². The number of nitrogens with zero attached hydrogens (tertiary/aromatic N) is 3. The molecule has 0 unspecified atom stereocenters. The molecule has 0 amide bonds. The second-order valence-corrected chi connectivity index (χ2v) is 9.37. The van der Waals surface area contributed by atoms with E-state index in [0.717, 1.165) is 44.8 Å². The van der Waals surface area contributed by atoms with Crippen molar-refractivity contribution in [1.29, 1.82) is 5.26 Å². The zero-order valence-electron chi connectivity index (χ0n) is 15.3. The van der Waals surface area contributed by atoms with Gasteiger partial charge in [-0.15, -0.1) is 0 Å². The second kappa shape index (κ2) is 8.28. The Hall–Kier alpha value is -1.78. The molecule has 26 heavy (non-hydrogen) atoms. The number of hydrogen-bond donors (Lipinski definition) is 0. The fraction of sp³-hybridized carbons (Fsp3) is 0.632. The van der Waals surface area contributed by atoms with Crippen LogP contribution < -0.4 is 4.74 Å². The lowest BCUT2D eigenvalue weighted by molar-refractivity contribution is 0.0816. The SMILES string of the molecule is CS(=O)(=O)c1ccc(OCC2CCC(N3CCN(C#N)CC3)CC2)cc1. The lowest BCUT2D eigenvalue weighted by Crippen LogP contribution is -2.49. The molecule has 142 valence electrons. The first kappa shape index (κ1) is 19.0. The minimum Gasteiger partial charge on any atom is -0.493 e. The Bertz CT molecular complexity index is 726. The molecule has 1 saturated carbocycles. The third kappa shape index (κ3) is 4.89. The predicted octanol–water partition coefficient (Wildman–Crippen LogP) is 2.13. The molecule has 1 aliphatic heterocycles. The first-order chi connectivity index (χ1) is 12.5. The molecule has 0 aromatic heterocycles. The molecule has 6 nitrogen and oxygen atoms in total. The minimum atomic E-state index is -3.16. The summed E-state index contributed by atoms with van der Waals surface area (Å²) in [5.74, 6) is 1.29. The van der Waals surface area contributed by atoms with Crippen molar-refractivity contribution in [2.75, 3.05) is 39.0 Å². The highest BCUT2D eigenvalue weighted by Crippen LogP contribution is 2.29. The molecule has 0 atom stereocenters. The van der Waals surface area contributed by atoms with Gasteiger partial charge >= 0.3 is 0 Å². The molecular weight excluding hydrogens is 350 g/mol. The summed E-state index contributed by atoms with van der Waals surface area (Å²) in [6.07, 6.45) is 8.14. The molecular formula is C19H27N3O3S. The Morgan fingerprint density at radius 2 is 1.69 bits per heavy atom. The monoisotopic (exact) mass is 377 g/mol. The van der Waals surface area contributed by atoms with Gasteiger partial charge in [0, 0.05) is 38.5 Å². The maximum atomic E-state index is 11.5. The van der Waals surface area contributed by atoms with E-state index in [4.69, 9.17) is 10.00 Å². The van der Waals surface area contributed by atoms with Crippen LogP contribution in [-0.4, -0.2) is 63.3 Å². The van der Waals surface area contributed by atoms with Gasteiger partial charge in [0.15, 0.2) is 16.0 Å². The average molecular weight is 378 g/mol. The van der Waals surface area contributed by atoms with Gasteiger partial charge in [0.25, 0.3) is 0 Å². The number of benzene rings is 1. The Morgan fingerprint density at radius 3 is 2.23 bits per heavy atom. The van der Waals surface area contributed by atoms with Gasteiger partial charge in [0.2, 0.25) is 0 Å². The summed E-state index contributed by atoms with van der Waals surface area (Å²) in [6.45, 7) is 4.37. The smallest absolute Gasteiger partial charge is 0.179 e. The number of hydrogen-bond acceptors (Lipinski definition) is 6. The van der Waals surface area contributed by atoms with E-state index in [0.29, 0.717) is 23.5 Å². The maximum absolute atomic E-state index is 11.5. The van der Waals surface area contributed by atoms with Crippen LogP contribution in [-0.2, 0) is 9.84 Å². The lowest BCUT2D eigenvalue weighted by atomic mass is 9.85. The number of piperazine rings is 1. The molecule has 2 fully saturated rings. The van der Waals surface area contributed by atoms with Crippen LogP contribution in [0.2, 0.25) is 0 Å². The molecule has 0 spiro atoms. The van der Waals surface area contributed by atoms with Crippen molar-refractivity contribution in [3.63, 3.8) is 0 Å². The first-order valence-electron chi connectivity index (χ1n) is 9.27. The predicted molar refractivity (Wildman–Crippen MR) is 99.6 cm³/mol. The van der Waals surface area contributed by atoms with Crippen molar-refractivity contribution >= 4 is 9.84 Å². The van der Waals surface area contributed by atoms with E-state index in [-0.39, 0.29) is 0 Å². The maximum Gasteiger partial charge on any atom is 0.179 e. The van der Waals surface area contributed by atoms with Crippen LogP contribution in [0, 0.1) is 17.4 Å². The molecule has 2 aliphatic rings. The van der Waals surface area contributed by atoms with Crippen molar-refractivity contribution in [3.05, 3.63) is 24.3 Å². The molecule has 0 bridgehead atoms. The summed E-state index contributed by atoms with van der Waals surface area (Å²) in [4.78, 5) is 4.70. The zero-order chi connectivity index (χ0) is 18.6. The van der Waals surface area contributed by atoms with Gasteiger partial charge in [-0.2, -0.15) is 5.26 Å². The van der Waals surface area contributed by atoms with Gasteiger partial charge in [0.05, 0.1) is 11.5 Å². The molecule has 3 rings (SSSR count). The van der Waals surface area contributed by atoms with E-state index in [9.17, 15) is 8.42 Å². The summed E-state index contributed by atoms with van der Waals surface area (Å²) in [5, 5.41) is 8.94. The van der Waals surface area contributed by atoms with E-state index >= 15 is 0 Å². The number of ether oxygens (including phenoxy) is 1. The van der Waals surface area contributed by atoms with Crippen molar-refractivity contribution in [2.24, 2.45) is 5.92 Å². The largest absolute Gasteiger partial charge is 0.493 e. The fourth-order valence-corrected chi connectivity index (χ4v) is 4.49. The summed E-state index contributed by atoms with van der Waals surface area (Å²) < 4.78 is 28.8. The summed E-state index contributed by atoms with van der Waals surface area (Å²) in [6, 6.07) is 7.30. The normalized spacial score (nSPS) is 24.8. The molecule has 0 radical (unpaired) electrons. The Labute approximate surface area is 156 Å². The van der Waals surface area contributed by atoms with Crippen LogP contribution in [0.1, 0.15) is 25.7 Å². The highest BCUT2D eigenvalue weighted by molar-refractivity contribution is 7.90. The van der Waals surface area contributed by atoms with Crippen LogP contribution in [0.3, 0.4) is 0 Å². The van der Waals surface area contributed by atoms with Crippen molar-refractivity contribution in [3.8, 4) is 11.9 Å². The molecule has 1 aromatic carbocycles. The van der Waals surface area contributed by atoms with Crippen molar-refractivity contribution in [2.45, 2.75) is 36.6 Å². The summed E-state index contributed by atoms with van der Waals surface area (Å²) in [7, 11) is -3.16. The Kier molecular flexibility index (Phi) is 6.05. The van der Waals surface area contributed by atoms with Crippen LogP contribution in [0.4, 0.5) is 0 Å². The highest BCUT2D eigenvalue weighted by atomic mass is 32.2. The third-order valence-corrected chi connectivity index (χ3v) is 6.65. The average Bonchev–Trinajstić information content (AvgIpc) is 2.66. The minimum absolute atomic E-state index is 0.321. The van der Waals surface area contributed by atoms with Gasteiger partial charge in [-0.25, -0.2) is 8.42 Å². The van der Waals surface area contributed by atoms with Gasteiger partial charge in [-0.05, 0) is 55.9 Å². The molecule has 1 aromatic rings.